The van der Waals surface area contributed by atoms with Gasteiger partial charge >= 0.3 is 0 Å². The molecule has 1 aromatic rings. The molecule has 1 saturated carbocycles. The third kappa shape index (κ3) is 4.81. The van der Waals surface area contributed by atoms with Crippen LogP contribution in [0.3, 0.4) is 0 Å². The molecule has 1 aliphatic heterocycles. The van der Waals surface area contributed by atoms with Crippen molar-refractivity contribution in [2.45, 2.75) is 38.6 Å². The van der Waals surface area contributed by atoms with E-state index < -0.39 is 5.82 Å². The zero-order valence-corrected chi connectivity index (χ0v) is 15.4. The lowest BCUT2D eigenvalue weighted by Crippen LogP contribution is -2.52. The first-order valence-corrected chi connectivity index (χ1v) is 9.59. The molecule has 2 amide bonds. The summed E-state index contributed by atoms with van der Waals surface area (Å²) in [7, 11) is 0. The molecule has 1 heterocycles. The highest BCUT2D eigenvalue weighted by atomic mass is 19.1. The van der Waals surface area contributed by atoms with Gasteiger partial charge in [0.1, 0.15) is 5.82 Å². The van der Waals surface area contributed by atoms with Crippen LogP contribution in [0.15, 0.2) is 24.3 Å². The molecule has 1 aliphatic carbocycles. The topological polar surface area (TPSA) is 52.7 Å². The standard InChI is InChI=1S/C20H28FN3O2/c1-15-5-2-3-8-18(15)22-19(25)14-23-9-11-24(12-10-23)20(26)16-6-4-7-17(21)13-16/h4,6-7,13,15,18H,2-3,5,8-12,14H2,1H3,(H,22,25)/t15-,18+/m1/s1. The van der Waals surface area contributed by atoms with Gasteiger partial charge in [-0.1, -0.05) is 25.8 Å². The number of rotatable bonds is 4. The van der Waals surface area contributed by atoms with Crippen LogP contribution >= 0.6 is 0 Å². The third-order valence-corrected chi connectivity index (χ3v) is 5.56. The fourth-order valence-corrected chi connectivity index (χ4v) is 3.90. The number of nitrogens with zero attached hydrogens (tertiary/aromatic N) is 2. The molecule has 142 valence electrons. The van der Waals surface area contributed by atoms with Gasteiger partial charge < -0.3 is 10.2 Å². The molecule has 3 rings (SSSR count). The van der Waals surface area contributed by atoms with Gasteiger partial charge in [-0.25, -0.2) is 4.39 Å². The Bertz CT molecular complexity index is 644. The molecule has 0 unspecified atom stereocenters. The molecular formula is C20H28FN3O2. The lowest BCUT2D eigenvalue weighted by molar-refractivity contribution is -0.123. The van der Waals surface area contributed by atoms with Gasteiger partial charge in [-0.3, -0.25) is 14.5 Å². The van der Waals surface area contributed by atoms with Crippen molar-refractivity contribution in [2.24, 2.45) is 5.92 Å². The molecule has 6 heteroatoms. The lowest BCUT2D eigenvalue weighted by Gasteiger charge is -2.35. The summed E-state index contributed by atoms with van der Waals surface area (Å²) in [6.07, 6.45) is 4.71. The van der Waals surface area contributed by atoms with E-state index in [0.717, 1.165) is 6.42 Å². The van der Waals surface area contributed by atoms with E-state index in [-0.39, 0.29) is 11.8 Å². The second-order valence-corrected chi connectivity index (χ2v) is 7.51. The van der Waals surface area contributed by atoms with Gasteiger partial charge in [-0.05, 0) is 37.0 Å². The van der Waals surface area contributed by atoms with E-state index in [1.807, 2.05) is 0 Å². The van der Waals surface area contributed by atoms with Crippen molar-refractivity contribution in [3.63, 3.8) is 0 Å². The Labute approximate surface area is 154 Å². The third-order valence-electron chi connectivity index (χ3n) is 5.56. The van der Waals surface area contributed by atoms with Crippen molar-refractivity contribution in [1.29, 1.82) is 0 Å². The number of hydrogen-bond acceptors (Lipinski definition) is 3. The maximum Gasteiger partial charge on any atom is 0.254 e. The zero-order chi connectivity index (χ0) is 18.5. The van der Waals surface area contributed by atoms with E-state index in [1.54, 1.807) is 17.0 Å². The van der Waals surface area contributed by atoms with Gasteiger partial charge in [0.25, 0.3) is 5.91 Å². The van der Waals surface area contributed by atoms with Crippen LogP contribution in [0.4, 0.5) is 4.39 Å². The van der Waals surface area contributed by atoms with Crippen molar-refractivity contribution < 1.29 is 14.0 Å². The minimum absolute atomic E-state index is 0.0775. The Morgan fingerprint density at radius 2 is 1.88 bits per heavy atom. The average molecular weight is 361 g/mol. The molecule has 26 heavy (non-hydrogen) atoms. The summed E-state index contributed by atoms with van der Waals surface area (Å²) in [6, 6.07) is 6.09. The first kappa shape index (κ1) is 18.8. The maximum atomic E-state index is 13.3. The van der Waals surface area contributed by atoms with Crippen LogP contribution in [0.2, 0.25) is 0 Å². The first-order chi connectivity index (χ1) is 12.5. The second-order valence-electron chi connectivity index (χ2n) is 7.51. The number of hydrogen-bond donors (Lipinski definition) is 1. The molecule has 0 radical (unpaired) electrons. The van der Waals surface area contributed by atoms with Crippen LogP contribution in [-0.2, 0) is 4.79 Å². The molecule has 5 nitrogen and oxygen atoms in total. The number of piperazine rings is 1. The number of carbonyl (C=O) groups is 2. The molecule has 0 aromatic heterocycles. The predicted octanol–water partition coefficient (Wildman–Crippen LogP) is 2.28. The summed E-state index contributed by atoms with van der Waals surface area (Å²) in [5.74, 6) is 0.0785. The number of amides is 2. The number of halogens is 1. The summed E-state index contributed by atoms with van der Waals surface area (Å²) >= 11 is 0. The molecule has 1 aromatic carbocycles. The second kappa shape index (κ2) is 8.62. The van der Waals surface area contributed by atoms with Crippen LogP contribution in [0.5, 0.6) is 0 Å². The smallest absolute Gasteiger partial charge is 0.254 e. The van der Waals surface area contributed by atoms with Crippen LogP contribution in [0.1, 0.15) is 43.0 Å². The molecule has 2 aliphatic rings. The molecule has 1 N–H and O–H groups in total. The predicted molar refractivity (Wildman–Crippen MR) is 98.3 cm³/mol. The van der Waals surface area contributed by atoms with E-state index >= 15 is 0 Å². The van der Waals surface area contributed by atoms with E-state index in [0.29, 0.717) is 50.2 Å². The normalized spacial score (nSPS) is 24.3. The number of carbonyl (C=O) groups excluding carboxylic acids is 2. The van der Waals surface area contributed by atoms with Crippen molar-refractivity contribution in [1.82, 2.24) is 15.1 Å². The van der Waals surface area contributed by atoms with Gasteiger partial charge in [0.05, 0.1) is 6.54 Å². The van der Waals surface area contributed by atoms with Crippen LogP contribution in [-0.4, -0.2) is 60.4 Å². The number of benzene rings is 1. The van der Waals surface area contributed by atoms with Crippen molar-refractivity contribution in [3.05, 3.63) is 35.6 Å². The van der Waals surface area contributed by atoms with Gasteiger partial charge in [0.15, 0.2) is 0 Å². The SMILES string of the molecule is C[C@@H]1CCCC[C@@H]1NC(=O)CN1CCN(C(=O)c2cccc(F)c2)CC1. The molecule has 0 spiro atoms. The highest BCUT2D eigenvalue weighted by molar-refractivity contribution is 5.94. The minimum atomic E-state index is -0.400. The maximum absolute atomic E-state index is 13.3. The Balaban J connectivity index is 1.44. The monoisotopic (exact) mass is 361 g/mol. The van der Waals surface area contributed by atoms with E-state index in [9.17, 15) is 14.0 Å². The highest BCUT2D eigenvalue weighted by Gasteiger charge is 2.26. The Morgan fingerprint density at radius 1 is 1.15 bits per heavy atom. The lowest BCUT2D eigenvalue weighted by atomic mass is 9.86. The van der Waals surface area contributed by atoms with Crippen LogP contribution < -0.4 is 5.32 Å². The van der Waals surface area contributed by atoms with Crippen LogP contribution in [0.25, 0.3) is 0 Å². The summed E-state index contributed by atoms with van der Waals surface area (Å²) in [4.78, 5) is 28.6. The van der Waals surface area contributed by atoms with Gasteiger partial charge in [-0.2, -0.15) is 0 Å². The molecule has 2 atom stereocenters. The quantitative estimate of drug-likeness (QED) is 0.895. The van der Waals surface area contributed by atoms with Crippen molar-refractivity contribution in [3.8, 4) is 0 Å². The molecule has 0 bridgehead atoms. The molecule has 1 saturated heterocycles. The van der Waals surface area contributed by atoms with Crippen molar-refractivity contribution in [2.75, 3.05) is 32.7 Å². The Kier molecular flexibility index (Phi) is 6.25. The van der Waals surface area contributed by atoms with E-state index in [1.165, 1.54) is 31.4 Å². The molecule has 2 fully saturated rings. The summed E-state index contributed by atoms with van der Waals surface area (Å²) in [5, 5.41) is 3.18. The zero-order valence-electron chi connectivity index (χ0n) is 15.4. The molecular weight excluding hydrogens is 333 g/mol. The van der Waals surface area contributed by atoms with E-state index in [2.05, 4.69) is 17.1 Å². The Morgan fingerprint density at radius 3 is 2.58 bits per heavy atom. The largest absolute Gasteiger partial charge is 0.352 e. The summed E-state index contributed by atoms with van der Waals surface area (Å²) in [6.45, 7) is 5.03. The van der Waals surface area contributed by atoms with Gasteiger partial charge in [0.2, 0.25) is 5.91 Å². The van der Waals surface area contributed by atoms with Gasteiger partial charge in [-0.15, -0.1) is 0 Å². The highest BCUT2D eigenvalue weighted by Crippen LogP contribution is 2.23. The minimum Gasteiger partial charge on any atom is -0.352 e. The summed E-state index contributed by atoms with van der Waals surface area (Å²) in [5.41, 5.74) is 0.377. The average Bonchev–Trinajstić information content (AvgIpc) is 2.64. The van der Waals surface area contributed by atoms with Crippen molar-refractivity contribution >= 4 is 11.8 Å². The van der Waals surface area contributed by atoms with E-state index in [4.69, 9.17) is 0 Å². The Hall–Kier alpha value is -1.95. The summed E-state index contributed by atoms with van der Waals surface area (Å²) < 4.78 is 13.3. The number of nitrogens with one attached hydrogen (secondary N) is 1. The van der Waals surface area contributed by atoms with Crippen LogP contribution in [0, 0.1) is 11.7 Å². The fraction of sp³-hybridized carbons (Fsp3) is 0.600. The first-order valence-electron chi connectivity index (χ1n) is 9.59. The van der Waals surface area contributed by atoms with Gasteiger partial charge in [0, 0.05) is 37.8 Å². The fourth-order valence-electron chi connectivity index (χ4n) is 3.90.